The first-order valence-corrected chi connectivity index (χ1v) is 8.88. The minimum Gasteiger partial charge on any atom is -0.324 e. The lowest BCUT2D eigenvalue weighted by Gasteiger charge is -2.14. The molecule has 156 valence electrons. The van der Waals surface area contributed by atoms with E-state index in [1.807, 2.05) is 0 Å². The number of para-hydroxylation sites is 1. The van der Waals surface area contributed by atoms with E-state index < -0.39 is 23.0 Å². The molecule has 0 aliphatic heterocycles. The molecule has 0 aliphatic rings. The quantitative estimate of drug-likeness (QED) is 0.408. The molecule has 2 N–H and O–H groups in total. The van der Waals surface area contributed by atoms with Crippen molar-refractivity contribution < 1.29 is 27.6 Å². The van der Waals surface area contributed by atoms with Crippen molar-refractivity contribution in [2.75, 3.05) is 10.6 Å². The minimum atomic E-state index is -4.50. The summed E-state index contributed by atoms with van der Waals surface area (Å²) in [7, 11) is 0. The van der Waals surface area contributed by atoms with Crippen LogP contribution in [0.5, 0.6) is 0 Å². The van der Waals surface area contributed by atoms with Gasteiger partial charge in [0.1, 0.15) is 17.5 Å². The second-order valence-corrected chi connectivity index (χ2v) is 6.07. The van der Waals surface area contributed by atoms with Crippen LogP contribution in [0.2, 0.25) is 0 Å². The normalized spacial score (nSPS) is 11.5. The summed E-state index contributed by atoms with van der Waals surface area (Å²) in [5, 5.41) is 3.80. The highest BCUT2D eigenvalue weighted by atomic mass is 35.5. The summed E-state index contributed by atoms with van der Waals surface area (Å²) in [5.74, 6) is -0.515. The van der Waals surface area contributed by atoms with Crippen molar-refractivity contribution in [2.45, 2.75) is 31.3 Å². The van der Waals surface area contributed by atoms with Crippen LogP contribution in [0.3, 0.4) is 0 Å². The Labute approximate surface area is 170 Å². The number of anilines is 2. The van der Waals surface area contributed by atoms with Gasteiger partial charge in [-0.05, 0) is 30.7 Å². The van der Waals surface area contributed by atoms with Crippen molar-refractivity contribution in [3.05, 3.63) is 54.2 Å². The van der Waals surface area contributed by atoms with Crippen LogP contribution in [0, 0.1) is 0 Å². The molecular weight excluding hydrogens is 411 g/mol. The number of aromatic nitrogens is 1. The molecular formula is C19H19ClF3N3O3. The molecule has 1 heterocycles. The van der Waals surface area contributed by atoms with E-state index in [1.165, 1.54) is 18.2 Å². The zero-order chi connectivity index (χ0) is 21.9. The van der Waals surface area contributed by atoms with E-state index in [9.17, 15) is 27.6 Å². The van der Waals surface area contributed by atoms with E-state index >= 15 is 0 Å². The lowest BCUT2D eigenvalue weighted by Crippen LogP contribution is -2.24. The van der Waals surface area contributed by atoms with Gasteiger partial charge in [-0.2, -0.15) is 13.2 Å². The Kier molecular flexibility index (Phi) is 9.81. The number of pyridine rings is 1. The number of rotatable bonds is 6. The molecule has 10 heteroatoms. The van der Waals surface area contributed by atoms with Crippen molar-refractivity contribution >= 4 is 41.2 Å². The summed E-state index contributed by atoms with van der Waals surface area (Å²) < 4.78 is 37.8. The smallest absolute Gasteiger partial charge is 0.324 e. The Balaban J connectivity index is 0.000000308. The summed E-state index contributed by atoms with van der Waals surface area (Å²) in [4.78, 5) is 36.0. The topological polar surface area (TPSA) is 88.2 Å². The number of aldehydes is 1. The summed E-state index contributed by atoms with van der Waals surface area (Å²) >= 11 is 5.64. The largest absolute Gasteiger partial charge is 0.418 e. The Morgan fingerprint density at radius 2 is 1.79 bits per heavy atom. The molecule has 0 aliphatic carbocycles. The summed E-state index contributed by atoms with van der Waals surface area (Å²) in [6, 6.07) is 9.93. The number of nitrogens with one attached hydrogen (secondary N) is 2. The number of carbonyl (C=O) groups is 3. The van der Waals surface area contributed by atoms with E-state index in [-0.39, 0.29) is 18.0 Å². The van der Waals surface area contributed by atoms with Gasteiger partial charge >= 0.3 is 6.18 Å². The van der Waals surface area contributed by atoms with Gasteiger partial charge in [-0.25, -0.2) is 4.98 Å². The van der Waals surface area contributed by atoms with E-state index in [4.69, 9.17) is 11.6 Å². The maximum Gasteiger partial charge on any atom is 0.418 e. The standard InChI is InChI=1S/C11H11ClF3NO.C8H8N2O2/c1-2-8(12)10(17)16-9-6-4-3-5-7(9)11(13,14)15;11-6-4-8(12)10-7-3-1-2-5-9-7/h3-6,8H,2H2,1H3,(H,16,17);1-3,5-6H,4H2,(H,9,10,12). The van der Waals surface area contributed by atoms with Gasteiger partial charge in [-0.15, -0.1) is 11.6 Å². The van der Waals surface area contributed by atoms with Crippen LogP contribution in [0.1, 0.15) is 25.3 Å². The molecule has 2 aromatic rings. The monoisotopic (exact) mass is 429 g/mol. The van der Waals surface area contributed by atoms with Gasteiger partial charge in [-0.3, -0.25) is 9.59 Å². The van der Waals surface area contributed by atoms with E-state index in [0.717, 1.165) is 6.07 Å². The molecule has 0 fully saturated rings. The first kappa shape index (κ1) is 24.1. The van der Waals surface area contributed by atoms with Gasteiger partial charge < -0.3 is 15.4 Å². The van der Waals surface area contributed by atoms with Crippen LogP contribution in [-0.4, -0.2) is 28.5 Å². The Hall–Kier alpha value is -2.94. The highest BCUT2D eigenvalue weighted by Crippen LogP contribution is 2.34. The molecule has 6 nitrogen and oxygen atoms in total. The molecule has 1 unspecified atom stereocenters. The molecule has 0 saturated carbocycles. The number of benzene rings is 1. The zero-order valence-corrected chi connectivity index (χ0v) is 16.1. The first-order valence-electron chi connectivity index (χ1n) is 8.44. The number of halogens is 4. The Bertz CT molecular complexity index is 817. The lowest BCUT2D eigenvalue weighted by molar-refractivity contribution is -0.137. The molecule has 29 heavy (non-hydrogen) atoms. The number of hydrogen-bond donors (Lipinski definition) is 2. The average molecular weight is 430 g/mol. The molecule has 1 aromatic heterocycles. The highest BCUT2D eigenvalue weighted by molar-refractivity contribution is 6.32. The fraction of sp³-hybridized carbons (Fsp3) is 0.263. The van der Waals surface area contributed by atoms with Crippen molar-refractivity contribution in [3.8, 4) is 0 Å². The fourth-order valence-electron chi connectivity index (χ4n) is 1.94. The molecule has 0 spiro atoms. The van der Waals surface area contributed by atoms with E-state index in [0.29, 0.717) is 18.5 Å². The number of carbonyl (C=O) groups excluding carboxylic acids is 3. The maximum atomic E-state index is 12.6. The SMILES string of the molecule is CCC(Cl)C(=O)Nc1ccccc1C(F)(F)F.O=CCC(=O)Nc1ccccn1. The molecule has 2 amide bonds. The van der Waals surface area contributed by atoms with Crippen LogP contribution < -0.4 is 10.6 Å². The molecule has 1 aromatic carbocycles. The van der Waals surface area contributed by atoms with Gasteiger partial charge in [-0.1, -0.05) is 25.1 Å². The Morgan fingerprint density at radius 3 is 2.34 bits per heavy atom. The minimum absolute atomic E-state index is 0.128. The van der Waals surface area contributed by atoms with Gasteiger partial charge in [0.05, 0.1) is 17.7 Å². The van der Waals surface area contributed by atoms with E-state index in [2.05, 4.69) is 15.6 Å². The maximum absolute atomic E-state index is 12.6. The third-order valence-electron chi connectivity index (χ3n) is 3.33. The Morgan fingerprint density at radius 1 is 1.14 bits per heavy atom. The average Bonchev–Trinajstić information content (AvgIpc) is 2.68. The van der Waals surface area contributed by atoms with Crippen molar-refractivity contribution in [1.29, 1.82) is 0 Å². The van der Waals surface area contributed by atoms with Gasteiger partial charge in [0, 0.05) is 6.20 Å². The summed E-state index contributed by atoms with van der Waals surface area (Å²) in [6.45, 7) is 1.67. The van der Waals surface area contributed by atoms with Gasteiger partial charge in [0.2, 0.25) is 11.8 Å². The fourth-order valence-corrected chi connectivity index (χ4v) is 2.00. The molecule has 0 saturated heterocycles. The van der Waals surface area contributed by atoms with E-state index in [1.54, 1.807) is 31.3 Å². The van der Waals surface area contributed by atoms with Crippen LogP contribution in [0.25, 0.3) is 0 Å². The van der Waals surface area contributed by atoms with Crippen LogP contribution >= 0.6 is 11.6 Å². The van der Waals surface area contributed by atoms with Gasteiger partial charge in [0.15, 0.2) is 0 Å². The van der Waals surface area contributed by atoms with Crippen molar-refractivity contribution in [2.24, 2.45) is 0 Å². The summed E-state index contributed by atoms with van der Waals surface area (Å²) in [5.41, 5.74) is -1.16. The molecule has 0 radical (unpaired) electrons. The molecule has 0 bridgehead atoms. The zero-order valence-electron chi connectivity index (χ0n) is 15.4. The number of hydrogen-bond acceptors (Lipinski definition) is 4. The van der Waals surface area contributed by atoms with Gasteiger partial charge in [0.25, 0.3) is 0 Å². The van der Waals surface area contributed by atoms with Crippen molar-refractivity contribution in [3.63, 3.8) is 0 Å². The highest BCUT2D eigenvalue weighted by Gasteiger charge is 2.33. The molecule has 1 atom stereocenters. The predicted molar refractivity (Wildman–Crippen MR) is 104 cm³/mol. The summed E-state index contributed by atoms with van der Waals surface area (Å²) in [6.07, 6.45) is -2.16. The third-order valence-corrected chi connectivity index (χ3v) is 3.84. The third kappa shape index (κ3) is 8.73. The lowest BCUT2D eigenvalue weighted by atomic mass is 10.1. The number of nitrogens with zero attached hydrogens (tertiary/aromatic N) is 1. The van der Waals surface area contributed by atoms with Crippen LogP contribution in [-0.2, 0) is 20.6 Å². The molecule has 2 rings (SSSR count). The second kappa shape index (κ2) is 11.8. The first-order chi connectivity index (χ1) is 13.7. The second-order valence-electron chi connectivity index (χ2n) is 5.54. The van der Waals surface area contributed by atoms with Crippen molar-refractivity contribution in [1.82, 2.24) is 4.98 Å². The van der Waals surface area contributed by atoms with Crippen LogP contribution in [0.15, 0.2) is 48.7 Å². The number of alkyl halides is 4. The predicted octanol–water partition coefficient (Wildman–Crippen LogP) is 4.27. The van der Waals surface area contributed by atoms with Crippen LogP contribution in [0.4, 0.5) is 24.7 Å². The number of amides is 2.